The Morgan fingerprint density at radius 3 is 2.40 bits per heavy atom. The van der Waals surface area contributed by atoms with Crippen LogP contribution in [0.5, 0.6) is 0 Å². The van der Waals surface area contributed by atoms with E-state index < -0.39 is 0 Å². The van der Waals surface area contributed by atoms with Crippen molar-refractivity contribution in [1.29, 1.82) is 0 Å². The number of nitrogens with zero attached hydrogens (tertiary/aromatic N) is 3. The molecular weight excluding hydrogens is 336 g/mol. The number of carbonyl (C=O) groups is 2. The van der Waals surface area contributed by atoms with Crippen LogP contribution in [0.2, 0.25) is 0 Å². The molecule has 1 aromatic heterocycles. The summed E-state index contributed by atoms with van der Waals surface area (Å²) in [5.41, 5.74) is 8.05. The van der Waals surface area contributed by atoms with Crippen LogP contribution in [0, 0.1) is 6.92 Å². The molecule has 0 aliphatic heterocycles. The number of amides is 2. The van der Waals surface area contributed by atoms with Gasteiger partial charge in [-0.05, 0) is 32.9 Å². The third-order valence-corrected chi connectivity index (χ3v) is 4.67. The number of rotatable bonds is 7. The first-order chi connectivity index (χ1) is 11.8. The van der Waals surface area contributed by atoms with Gasteiger partial charge in [-0.1, -0.05) is 17.7 Å². The summed E-state index contributed by atoms with van der Waals surface area (Å²) >= 11 is 1.41. The number of primary amides is 1. The summed E-state index contributed by atoms with van der Waals surface area (Å²) in [5.74, 6) is -0.461. The molecule has 1 heterocycles. The number of nitrogens with two attached hydrogens (primary N) is 1. The highest BCUT2D eigenvalue weighted by Gasteiger charge is 2.20. The molecule has 2 N–H and O–H groups in total. The molecule has 0 fully saturated rings. The molecule has 1 aromatic carbocycles. The highest BCUT2D eigenvalue weighted by atomic mass is 32.1. The van der Waals surface area contributed by atoms with E-state index in [1.165, 1.54) is 18.3 Å². The number of aryl methyl sites for hydroxylation is 1. The summed E-state index contributed by atoms with van der Waals surface area (Å²) in [6.07, 6.45) is 0. The first-order valence-corrected chi connectivity index (χ1v) is 9.00. The number of thiazole rings is 1. The molecule has 0 aliphatic carbocycles. The van der Waals surface area contributed by atoms with E-state index in [0.29, 0.717) is 11.7 Å². The molecule has 0 unspecified atom stereocenters. The van der Waals surface area contributed by atoms with Crippen LogP contribution in [0.3, 0.4) is 0 Å². The number of hydrogen-bond acceptors (Lipinski definition) is 5. The highest BCUT2D eigenvalue weighted by molar-refractivity contribution is 7.14. The van der Waals surface area contributed by atoms with Gasteiger partial charge < -0.3 is 5.73 Å². The molecule has 0 radical (unpaired) electrons. The lowest BCUT2D eigenvalue weighted by molar-refractivity contribution is -0.119. The summed E-state index contributed by atoms with van der Waals surface area (Å²) < 4.78 is 0. The number of carbonyl (C=O) groups excluding carboxylic acids is 2. The maximum atomic E-state index is 12.1. The number of hydrogen-bond donors (Lipinski definition) is 1. The van der Waals surface area contributed by atoms with Gasteiger partial charge in [-0.25, -0.2) is 4.98 Å². The molecule has 0 saturated carbocycles. The number of benzene rings is 1. The van der Waals surface area contributed by atoms with Crippen molar-refractivity contribution in [2.24, 2.45) is 5.73 Å². The summed E-state index contributed by atoms with van der Waals surface area (Å²) in [6.45, 7) is 8.22. The van der Waals surface area contributed by atoms with E-state index in [4.69, 9.17) is 5.73 Å². The Morgan fingerprint density at radius 2 is 1.88 bits per heavy atom. The fraction of sp³-hybridized carbons (Fsp3) is 0.389. The highest BCUT2D eigenvalue weighted by Crippen LogP contribution is 2.29. The Bertz CT molecular complexity index is 740. The molecular formula is C18H24N4O2S. The van der Waals surface area contributed by atoms with E-state index in [-0.39, 0.29) is 24.4 Å². The predicted molar refractivity (Wildman–Crippen MR) is 101 cm³/mol. The molecule has 7 heteroatoms. The smallest absolute Gasteiger partial charge is 0.231 e. The van der Waals surface area contributed by atoms with Gasteiger partial charge in [0.1, 0.15) is 0 Å². The van der Waals surface area contributed by atoms with Crippen LogP contribution >= 0.6 is 11.3 Å². The van der Waals surface area contributed by atoms with Crippen molar-refractivity contribution in [3.05, 3.63) is 40.9 Å². The minimum Gasteiger partial charge on any atom is -0.369 e. The molecule has 25 heavy (non-hydrogen) atoms. The topological polar surface area (TPSA) is 79.5 Å². The van der Waals surface area contributed by atoms with Crippen molar-refractivity contribution in [2.75, 3.05) is 11.4 Å². The monoisotopic (exact) mass is 360 g/mol. The normalized spacial score (nSPS) is 11.1. The van der Waals surface area contributed by atoms with Crippen molar-refractivity contribution in [3.8, 4) is 0 Å². The average molecular weight is 360 g/mol. The fourth-order valence-corrected chi connectivity index (χ4v) is 3.30. The van der Waals surface area contributed by atoms with Gasteiger partial charge in [0.05, 0.1) is 17.9 Å². The molecule has 0 aliphatic rings. The van der Waals surface area contributed by atoms with Crippen molar-refractivity contribution < 1.29 is 9.59 Å². The second-order valence-corrected chi connectivity index (χ2v) is 7.11. The van der Waals surface area contributed by atoms with Crippen LogP contribution in [0.1, 0.15) is 32.0 Å². The van der Waals surface area contributed by atoms with Crippen LogP contribution in [0.15, 0.2) is 29.6 Å². The molecule has 0 bridgehead atoms. The quantitative estimate of drug-likeness (QED) is 0.823. The van der Waals surface area contributed by atoms with Gasteiger partial charge in [-0.2, -0.15) is 0 Å². The maximum absolute atomic E-state index is 12.1. The van der Waals surface area contributed by atoms with Gasteiger partial charge in [-0.3, -0.25) is 19.4 Å². The van der Waals surface area contributed by atoms with Crippen LogP contribution in [0.25, 0.3) is 0 Å². The Labute approximate surface area is 152 Å². The predicted octanol–water partition coefficient (Wildman–Crippen LogP) is 2.83. The first kappa shape index (κ1) is 19.1. The van der Waals surface area contributed by atoms with Gasteiger partial charge in [0.25, 0.3) is 0 Å². The molecule has 0 spiro atoms. The summed E-state index contributed by atoms with van der Waals surface area (Å²) in [4.78, 5) is 31.5. The SMILES string of the molecule is CC(=O)N(c1ccc(C)cc1)c1nc(CN(CC(N)=O)C(C)C)cs1. The van der Waals surface area contributed by atoms with E-state index in [2.05, 4.69) is 4.98 Å². The summed E-state index contributed by atoms with van der Waals surface area (Å²) in [5, 5.41) is 2.53. The van der Waals surface area contributed by atoms with Gasteiger partial charge in [0.2, 0.25) is 11.8 Å². The Balaban J connectivity index is 2.23. The van der Waals surface area contributed by atoms with E-state index in [0.717, 1.165) is 16.9 Å². The molecule has 134 valence electrons. The molecule has 2 aromatic rings. The second-order valence-electron chi connectivity index (χ2n) is 6.28. The Kier molecular flexibility index (Phi) is 6.27. The zero-order chi connectivity index (χ0) is 18.6. The van der Waals surface area contributed by atoms with Crippen molar-refractivity contribution >= 4 is 34.0 Å². The Hall–Kier alpha value is -2.25. The van der Waals surface area contributed by atoms with E-state index in [1.807, 2.05) is 55.3 Å². The zero-order valence-electron chi connectivity index (χ0n) is 15.0. The number of anilines is 2. The fourth-order valence-electron chi connectivity index (χ4n) is 2.42. The maximum Gasteiger partial charge on any atom is 0.231 e. The first-order valence-electron chi connectivity index (χ1n) is 8.12. The standard InChI is InChI=1S/C18H24N4O2S/c1-12(2)21(10-17(19)24)9-15-11-25-18(20-15)22(14(4)23)16-7-5-13(3)6-8-16/h5-8,11-12H,9-10H2,1-4H3,(H2,19,24). The van der Waals surface area contributed by atoms with Crippen LogP contribution in [0.4, 0.5) is 10.8 Å². The van der Waals surface area contributed by atoms with Gasteiger partial charge >= 0.3 is 0 Å². The second kappa shape index (κ2) is 8.22. The molecule has 0 atom stereocenters. The average Bonchev–Trinajstić information content (AvgIpc) is 2.96. The lowest BCUT2D eigenvalue weighted by atomic mass is 10.2. The van der Waals surface area contributed by atoms with Crippen molar-refractivity contribution in [1.82, 2.24) is 9.88 Å². The van der Waals surface area contributed by atoms with Gasteiger partial charge in [0.15, 0.2) is 5.13 Å². The van der Waals surface area contributed by atoms with Crippen LogP contribution in [-0.2, 0) is 16.1 Å². The molecule has 2 rings (SSSR count). The van der Waals surface area contributed by atoms with Crippen molar-refractivity contribution in [2.45, 2.75) is 40.3 Å². The Morgan fingerprint density at radius 1 is 1.24 bits per heavy atom. The van der Waals surface area contributed by atoms with Gasteiger partial charge in [0, 0.05) is 24.9 Å². The summed E-state index contributed by atoms with van der Waals surface area (Å²) in [6, 6.07) is 7.91. The molecule has 2 amide bonds. The third kappa shape index (κ3) is 5.11. The van der Waals surface area contributed by atoms with Crippen molar-refractivity contribution in [3.63, 3.8) is 0 Å². The lowest BCUT2D eigenvalue weighted by Gasteiger charge is -2.24. The molecule has 0 saturated heterocycles. The summed E-state index contributed by atoms with van der Waals surface area (Å²) in [7, 11) is 0. The van der Waals surface area contributed by atoms with E-state index in [1.54, 1.807) is 4.90 Å². The van der Waals surface area contributed by atoms with Crippen LogP contribution in [-0.4, -0.2) is 34.3 Å². The lowest BCUT2D eigenvalue weighted by Crippen LogP contribution is -2.38. The molecule has 6 nitrogen and oxygen atoms in total. The number of aromatic nitrogens is 1. The van der Waals surface area contributed by atoms with Crippen LogP contribution < -0.4 is 10.6 Å². The van der Waals surface area contributed by atoms with Gasteiger partial charge in [-0.15, -0.1) is 11.3 Å². The minimum absolute atomic E-state index is 0.0948. The largest absolute Gasteiger partial charge is 0.369 e. The third-order valence-electron chi connectivity index (χ3n) is 3.79. The van der Waals surface area contributed by atoms with E-state index in [9.17, 15) is 9.59 Å². The zero-order valence-corrected chi connectivity index (χ0v) is 15.8. The minimum atomic E-state index is -0.367. The van der Waals surface area contributed by atoms with E-state index >= 15 is 0 Å².